The van der Waals surface area contributed by atoms with Crippen molar-refractivity contribution in [3.63, 3.8) is 0 Å². The molecule has 0 aromatic heterocycles. The molecule has 1 aromatic rings. The molecule has 0 atom stereocenters. The second-order valence-corrected chi connectivity index (χ2v) is 5.42. The van der Waals surface area contributed by atoms with Crippen LogP contribution < -0.4 is 16.0 Å². The summed E-state index contributed by atoms with van der Waals surface area (Å²) in [5.41, 5.74) is 6.63. The first-order chi connectivity index (χ1) is 11.6. The van der Waals surface area contributed by atoms with Crippen molar-refractivity contribution in [2.24, 2.45) is 11.7 Å². The molecule has 0 radical (unpaired) electrons. The maximum atomic E-state index is 11.2. The normalized spacial score (nSPS) is 14.0. The van der Waals surface area contributed by atoms with Gasteiger partial charge in [0, 0.05) is 30.4 Å². The number of nitrogens with one attached hydrogen (secondary N) is 1. The lowest BCUT2D eigenvalue weighted by atomic mass is 9.96. The van der Waals surface area contributed by atoms with E-state index in [-0.39, 0.29) is 23.1 Å². The Bertz CT molecular complexity index is 751. The van der Waals surface area contributed by atoms with Crippen LogP contribution in [0, 0.1) is 39.9 Å². The molecule has 0 aliphatic carbocycles. The Balaban J connectivity index is 2.06. The van der Waals surface area contributed by atoms with E-state index < -0.39 is 0 Å². The maximum absolute atomic E-state index is 11.2. The fourth-order valence-corrected chi connectivity index (χ4v) is 2.61. The van der Waals surface area contributed by atoms with E-state index in [1.165, 1.54) is 0 Å². The van der Waals surface area contributed by atoms with E-state index in [4.69, 9.17) is 21.5 Å². The Kier molecular flexibility index (Phi) is 5.39. The van der Waals surface area contributed by atoms with E-state index in [9.17, 15) is 4.79 Å². The Morgan fingerprint density at radius 1 is 1.08 bits per heavy atom. The van der Waals surface area contributed by atoms with Gasteiger partial charge in [-0.1, -0.05) is 0 Å². The van der Waals surface area contributed by atoms with Crippen molar-refractivity contribution in [1.29, 1.82) is 15.8 Å². The molecule has 1 aliphatic heterocycles. The number of carbonyl (C=O) groups excluding carboxylic acids is 1. The number of hydrogen-bond donors (Lipinski definition) is 2. The van der Waals surface area contributed by atoms with Crippen molar-refractivity contribution >= 4 is 17.3 Å². The van der Waals surface area contributed by atoms with Gasteiger partial charge in [-0.15, -0.1) is 0 Å². The molecular formula is C17H16N6O. The van der Waals surface area contributed by atoms with Crippen LogP contribution in [0.25, 0.3) is 0 Å². The summed E-state index contributed by atoms with van der Waals surface area (Å²) in [6.45, 7) is 1.52. The van der Waals surface area contributed by atoms with E-state index in [2.05, 4.69) is 10.2 Å². The van der Waals surface area contributed by atoms with Gasteiger partial charge in [-0.05, 0) is 37.1 Å². The number of carbonyl (C=O) groups is 1. The van der Waals surface area contributed by atoms with Gasteiger partial charge in [0.2, 0.25) is 5.91 Å². The van der Waals surface area contributed by atoms with E-state index in [0.29, 0.717) is 5.69 Å². The molecule has 0 bridgehead atoms. The van der Waals surface area contributed by atoms with Crippen LogP contribution in [0.4, 0.5) is 11.4 Å². The van der Waals surface area contributed by atoms with Gasteiger partial charge < -0.3 is 16.0 Å². The Labute approximate surface area is 140 Å². The number of primary amides is 1. The van der Waals surface area contributed by atoms with Gasteiger partial charge in [0.25, 0.3) is 0 Å². The van der Waals surface area contributed by atoms with Crippen LogP contribution in [0.5, 0.6) is 0 Å². The molecule has 7 nitrogen and oxygen atoms in total. The molecule has 0 unspecified atom stereocenters. The van der Waals surface area contributed by atoms with Gasteiger partial charge in [-0.3, -0.25) is 4.79 Å². The first-order valence-electron chi connectivity index (χ1n) is 7.45. The van der Waals surface area contributed by atoms with Gasteiger partial charge in [0.1, 0.15) is 23.9 Å². The Morgan fingerprint density at radius 2 is 1.67 bits per heavy atom. The van der Waals surface area contributed by atoms with Crippen molar-refractivity contribution in [3.8, 4) is 18.2 Å². The van der Waals surface area contributed by atoms with Crippen LogP contribution in [0.3, 0.4) is 0 Å². The molecule has 1 saturated heterocycles. The summed E-state index contributed by atoms with van der Waals surface area (Å²) in [6.07, 6.45) is 1.48. The average Bonchev–Trinajstić information content (AvgIpc) is 2.62. The third kappa shape index (κ3) is 3.82. The number of rotatable bonds is 4. The standard InChI is InChI=1S/C17H16N6O/c18-9-13(10-19)16(11-20)22-14-1-3-15(4-2-14)23-7-5-12(6-8-23)17(21)24/h1-4,12,22H,5-8H2,(H2,21,24). The van der Waals surface area contributed by atoms with E-state index >= 15 is 0 Å². The highest BCUT2D eigenvalue weighted by Gasteiger charge is 2.23. The summed E-state index contributed by atoms with van der Waals surface area (Å²) < 4.78 is 0. The third-order valence-corrected chi connectivity index (χ3v) is 3.98. The number of hydrogen-bond acceptors (Lipinski definition) is 6. The minimum atomic E-state index is -0.255. The quantitative estimate of drug-likeness (QED) is 0.811. The van der Waals surface area contributed by atoms with Gasteiger partial charge >= 0.3 is 0 Å². The molecule has 0 spiro atoms. The monoisotopic (exact) mass is 320 g/mol. The zero-order chi connectivity index (χ0) is 17.5. The lowest BCUT2D eigenvalue weighted by Crippen LogP contribution is -2.38. The molecule has 1 amide bonds. The zero-order valence-electron chi connectivity index (χ0n) is 13.0. The van der Waals surface area contributed by atoms with Crippen LogP contribution in [-0.4, -0.2) is 19.0 Å². The fourth-order valence-electron chi connectivity index (χ4n) is 2.61. The van der Waals surface area contributed by atoms with Crippen molar-refractivity contribution in [3.05, 3.63) is 35.5 Å². The van der Waals surface area contributed by atoms with Gasteiger partial charge in [-0.25, -0.2) is 0 Å². The first kappa shape index (κ1) is 16.9. The Morgan fingerprint density at radius 3 is 2.12 bits per heavy atom. The average molecular weight is 320 g/mol. The molecular weight excluding hydrogens is 304 g/mol. The van der Waals surface area contributed by atoms with Gasteiger partial charge in [0.05, 0.1) is 0 Å². The van der Waals surface area contributed by atoms with E-state index in [1.807, 2.05) is 18.2 Å². The van der Waals surface area contributed by atoms with Crippen LogP contribution in [0.1, 0.15) is 12.8 Å². The number of piperidine rings is 1. The molecule has 2 rings (SSSR count). The van der Waals surface area contributed by atoms with Crippen molar-refractivity contribution in [2.75, 3.05) is 23.3 Å². The number of benzene rings is 1. The number of amides is 1. The predicted octanol–water partition coefficient (Wildman–Crippen LogP) is 1.63. The predicted molar refractivity (Wildman–Crippen MR) is 88.1 cm³/mol. The van der Waals surface area contributed by atoms with Crippen LogP contribution >= 0.6 is 0 Å². The summed E-state index contributed by atoms with van der Waals surface area (Å²) in [4.78, 5) is 13.4. The van der Waals surface area contributed by atoms with Crippen molar-refractivity contribution < 1.29 is 4.79 Å². The van der Waals surface area contributed by atoms with E-state index in [1.54, 1.807) is 24.3 Å². The summed E-state index contributed by atoms with van der Waals surface area (Å²) >= 11 is 0. The van der Waals surface area contributed by atoms with Crippen LogP contribution in [0.15, 0.2) is 35.5 Å². The molecule has 1 aliphatic rings. The van der Waals surface area contributed by atoms with E-state index in [0.717, 1.165) is 31.6 Å². The van der Waals surface area contributed by atoms with Crippen LogP contribution in [-0.2, 0) is 4.79 Å². The number of allylic oxidation sites excluding steroid dienone is 2. The molecule has 1 fully saturated rings. The summed E-state index contributed by atoms with van der Waals surface area (Å²) in [7, 11) is 0. The Hall–Kier alpha value is -3.50. The topological polar surface area (TPSA) is 130 Å². The molecule has 24 heavy (non-hydrogen) atoms. The first-order valence-corrected chi connectivity index (χ1v) is 7.45. The summed E-state index contributed by atoms with van der Waals surface area (Å²) in [5, 5.41) is 29.4. The highest BCUT2D eigenvalue weighted by molar-refractivity contribution is 5.77. The molecule has 120 valence electrons. The number of nitrogens with zero attached hydrogens (tertiary/aromatic N) is 4. The minimum absolute atomic E-state index is 0.0547. The lowest BCUT2D eigenvalue weighted by molar-refractivity contribution is -0.122. The molecule has 0 saturated carbocycles. The second-order valence-electron chi connectivity index (χ2n) is 5.42. The highest BCUT2D eigenvalue weighted by Crippen LogP contribution is 2.25. The molecule has 1 heterocycles. The summed E-state index contributed by atoms with van der Waals surface area (Å²) in [5.74, 6) is -0.295. The number of nitrogens with two attached hydrogens (primary N) is 1. The zero-order valence-corrected chi connectivity index (χ0v) is 13.0. The van der Waals surface area contributed by atoms with Crippen LogP contribution in [0.2, 0.25) is 0 Å². The number of anilines is 2. The molecule has 1 aromatic carbocycles. The van der Waals surface area contributed by atoms with Gasteiger partial charge in [-0.2, -0.15) is 15.8 Å². The largest absolute Gasteiger partial charge is 0.371 e. The lowest BCUT2D eigenvalue weighted by Gasteiger charge is -2.32. The van der Waals surface area contributed by atoms with Crippen molar-refractivity contribution in [2.45, 2.75) is 12.8 Å². The smallest absolute Gasteiger partial charge is 0.220 e. The SMILES string of the molecule is N#CC(C#N)=C(C#N)Nc1ccc(N2CCC(C(N)=O)CC2)cc1. The number of nitriles is 3. The third-order valence-electron chi connectivity index (χ3n) is 3.98. The van der Waals surface area contributed by atoms with Gasteiger partial charge in [0.15, 0.2) is 5.57 Å². The highest BCUT2D eigenvalue weighted by atomic mass is 16.1. The second kappa shape index (κ2) is 7.67. The fraction of sp³-hybridized carbons (Fsp3) is 0.294. The molecule has 3 N–H and O–H groups in total. The molecule has 7 heteroatoms. The minimum Gasteiger partial charge on any atom is -0.371 e. The maximum Gasteiger partial charge on any atom is 0.220 e. The summed E-state index contributed by atoms with van der Waals surface area (Å²) in [6, 6.07) is 12.5. The van der Waals surface area contributed by atoms with Crippen molar-refractivity contribution in [1.82, 2.24) is 0 Å².